The van der Waals surface area contributed by atoms with Crippen LogP contribution in [0.15, 0.2) is 0 Å². The summed E-state index contributed by atoms with van der Waals surface area (Å²) in [4.78, 5) is 22.1. The van der Waals surface area contributed by atoms with E-state index >= 15 is 0 Å². The van der Waals surface area contributed by atoms with E-state index in [-0.39, 0.29) is 11.9 Å². The molecule has 2 saturated carbocycles. The molecule has 0 aromatic carbocycles. The zero-order valence-corrected chi connectivity index (χ0v) is 13.6. The monoisotopic (exact) mass is 310 g/mol. The molecule has 0 atom stereocenters. The first-order chi connectivity index (χ1) is 10.6. The van der Waals surface area contributed by atoms with Crippen LogP contribution < -0.4 is 10.6 Å². The molecule has 0 radical (unpaired) electrons. The summed E-state index contributed by atoms with van der Waals surface area (Å²) in [6.07, 6.45) is 9.92. The van der Waals surface area contributed by atoms with E-state index in [2.05, 4.69) is 10.6 Å². The minimum atomic E-state index is -0.893. The molecule has 2 aliphatic rings. The SMILES string of the molecule is CCC(=O)NC1CCC(CC2CCC(NC(=O)O)CC2)CC1. The molecule has 2 aliphatic carbocycles. The Morgan fingerprint density at radius 2 is 1.32 bits per heavy atom. The molecule has 0 aromatic rings. The van der Waals surface area contributed by atoms with Crippen LogP contribution in [-0.2, 0) is 4.79 Å². The van der Waals surface area contributed by atoms with E-state index in [4.69, 9.17) is 5.11 Å². The Balaban J connectivity index is 1.63. The van der Waals surface area contributed by atoms with Gasteiger partial charge in [-0.3, -0.25) is 4.79 Å². The quantitative estimate of drug-likeness (QED) is 0.729. The lowest BCUT2D eigenvalue weighted by atomic mass is 9.75. The fourth-order valence-corrected chi connectivity index (χ4v) is 4.06. The summed E-state index contributed by atoms with van der Waals surface area (Å²) in [6, 6.07) is 0.549. The average molecular weight is 310 g/mol. The maximum Gasteiger partial charge on any atom is 0.404 e. The second-order valence-electron chi connectivity index (χ2n) is 7.04. The van der Waals surface area contributed by atoms with E-state index < -0.39 is 6.09 Å². The molecule has 3 N–H and O–H groups in total. The van der Waals surface area contributed by atoms with Crippen LogP contribution in [0.2, 0.25) is 0 Å². The average Bonchev–Trinajstić information content (AvgIpc) is 2.50. The van der Waals surface area contributed by atoms with Gasteiger partial charge < -0.3 is 15.7 Å². The van der Waals surface area contributed by atoms with Gasteiger partial charge in [0.05, 0.1) is 0 Å². The highest BCUT2D eigenvalue weighted by Crippen LogP contribution is 2.35. The van der Waals surface area contributed by atoms with E-state index in [9.17, 15) is 9.59 Å². The summed E-state index contributed by atoms with van der Waals surface area (Å²) in [5.74, 6) is 1.73. The molecule has 0 aliphatic heterocycles. The summed E-state index contributed by atoms with van der Waals surface area (Å²) in [5, 5.41) is 14.5. The van der Waals surface area contributed by atoms with E-state index in [1.165, 1.54) is 19.3 Å². The maximum atomic E-state index is 11.4. The lowest BCUT2D eigenvalue weighted by Gasteiger charge is -2.34. The standard InChI is InChI=1S/C17H30N2O3/c1-2-16(20)18-14-7-3-12(4-8-14)11-13-5-9-15(10-6-13)19-17(21)22/h12-15,19H,2-11H2,1H3,(H,18,20)(H,21,22). The normalized spacial score (nSPS) is 32.2. The highest BCUT2D eigenvalue weighted by molar-refractivity contribution is 5.75. The highest BCUT2D eigenvalue weighted by Gasteiger charge is 2.27. The molecule has 5 heteroatoms. The first kappa shape index (κ1) is 17.1. The summed E-state index contributed by atoms with van der Waals surface area (Å²) in [7, 11) is 0. The number of rotatable bonds is 5. The van der Waals surface area contributed by atoms with Gasteiger partial charge in [-0.25, -0.2) is 4.79 Å². The molecule has 2 rings (SSSR count). The molecule has 22 heavy (non-hydrogen) atoms. The Hall–Kier alpha value is -1.26. The van der Waals surface area contributed by atoms with Crippen LogP contribution in [0.25, 0.3) is 0 Å². The molecule has 2 fully saturated rings. The number of carbonyl (C=O) groups excluding carboxylic acids is 1. The van der Waals surface area contributed by atoms with E-state index in [1.807, 2.05) is 6.92 Å². The lowest BCUT2D eigenvalue weighted by Crippen LogP contribution is -2.38. The number of carbonyl (C=O) groups is 2. The number of carboxylic acid groups (broad SMARTS) is 1. The van der Waals surface area contributed by atoms with Gasteiger partial charge in [-0.05, 0) is 69.6 Å². The smallest absolute Gasteiger partial charge is 0.404 e. The second-order valence-corrected chi connectivity index (χ2v) is 7.04. The van der Waals surface area contributed by atoms with Gasteiger partial charge in [0, 0.05) is 18.5 Å². The van der Waals surface area contributed by atoms with Gasteiger partial charge in [0.15, 0.2) is 0 Å². The minimum Gasteiger partial charge on any atom is -0.465 e. The number of hydrogen-bond acceptors (Lipinski definition) is 2. The molecule has 126 valence electrons. The van der Waals surface area contributed by atoms with Crippen molar-refractivity contribution in [3.05, 3.63) is 0 Å². The third kappa shape index (κ3) is 5.50. The number of hydrogen-bond donors (Lipinski definition) is 3. The summed E-state index contributed by atoms with van der Waals surface area (Å²) in [5.41, 5.74) is 0. The van der Waals surface area contributed by atoms with Crippen molar-refractivity contribution in [2.24, 2.45) is 11.8 Å². The van der Waals surface area contributed by atoms with Crippen LogP contribution in [0.4, 0.5) is 4.79 Å². The fourth-order valence-electron chi connectivity index (χ4n) is 4.06. The Bertz CT molecular complexity index is 370. The van der Waals surface area contributed by atoms with Crippen LogP contribution in [0.5, 0.6) is 0 Å². The fraction of sp³-hybridized carbons (Fsp3) is 0.882. The molecular weight excluding hydrogens is 280 g/mol. The van der Waals surface area contributed by atoms with Gasteiger partial charge in [-0.2, -0.15) is 0 Å². The van der Waals surface area contributed by atoms with Crippen LogP contribution >= 0.6 is 0 Å². The van der Waals surface area contributed by atoms with Gasteiger partial charge in [0.2, 0.25) is 5.91 Å². The highest BCUT2D eigenvalue weighted by atomic mass is 16.4. The molecule has 0 heterocycles. The molecule has 0 unspecified atom stereocenters. The topological polar surface area (TPSA) is 78.4 Å². The first-order valence-corrected chi connectivity index (χ1v) is 8.85. The largest absolute Gasteiger partial charge is 0.465 e. The van der Waals surface area contributed by atoms with Gasteiger partial charge >= 0.3 is 6.09 Å². The van der Waals surface area contributed by atoms with Crippen molar-refractivity contribution < 1.29 is 14.7 Å². The van der Waals surface area contributed by atoms with Gasteiger partial charge in [-0.1, -0.05) is 6.92 Å². The molecule has 0 bridgehead atoms. The van der Waals surface area contributed by atoms with Gasteiger partial charge in [0.1, 0.15) is 0 Å². The Morgan fingerprint density at radius 3 is 1.73 bits per heavy atom. The van der Waals surface area contributed by atoms with E-state index in [0.29, 0.717) is 12.5 Å². The van der Waals surface area contributed by atoms with Crippen LogP contribution in [0, 0.1) is 11.8 Å². The van der Waals surface area contributed by atoms with E-state index in [0.717, 1.165) is 50.4 Å². The van der Waals surface area contributed by atoms with Crippen molar-refractivity contribution in [2.45, 2.75) is 83.2 Å². The Labute approximate surface area is 133 Å². The zero-order valence-electron chi connectivity index (χ0n) is 13.6. The molecule has 0 spiro atoms. The summed E-state index contributed by atoms with van der Waals surface area (Å²) < 4.78 is 0. The predicted molar refractivity (Wildman–Crippen MR) is 85.7 cm³/mol. The molecule has 0 aromatic heterocycles. The molecule has 2 amide bonds. The van der Waals surface area contributed by atoms with Crippen LogP contribution in [0.3, 0.4) is 0 Å². The third-order valence-electron chi connectivity index (χ3n) is 5.37. The maximum absolute atomic E-state index is 11.4. The third-order valence-corrected chi connectivity index (χ3v) is 5.37. The van der Waals surface area contributed by atoms with Crippen LogP contribution in [0.1, 0.15) is 71.1 Å². The van der Waals surface area contributed by atoms with E-state index in [1.54, 1.807) is 0 Å². The zero-order chi connectivity index (χ0) is 15.9. The van der Waals surface area contributed by atoms with Gasteiger partial charge in [-0.15, -0.1) is 0 Å². The van der Waals surface area contributed by atoms with Gasteiger partial charge in [0.25, 0.3) is 0 Å². The summed E-state index contributed by atoms with van der Waals surface area (Å²) >= 11 is 0. The first-order valence-electron chi connectivity index (χ1n) is 8.85. The van der Waals surface area contributed by atoms with Crippen LogP contribution in [-0.4, -0.2) is 29.2 Å². The number of nitrogens with one attached hydrogen (secondary N) is 2. The Kier molecular flexibility index (Phi) is 6.52. The molecular formula is C17H30N2O3. The van der Waals surface area contributed by atoms with Crippen molar-refractivity contribution in [3.8, 4) is 0 Å². The van der Waals surface area contributed by atoms with Crippen molar-refractivity contribution in [1.29, 1.82) is 0 Å². The van der Waals surface area contributed by atoms with Crippen molar-refractivity contribution in [3.63, 3.8) is 0 Å². The van der Waals surface area contributed by atoms with Crippen molar-refractivity contribution in [2.75, 3.05) is 0 Å². The molecule has 5 nitrogen and oxygen atoms in total. The van der Waals surface area contributed by atoms with Crippen molar-refractivity contribution in [1.82, 2.24) is 10.6 Å². The minimum absolute atomic E-state index is 0.161. The molecule has 0 saturated heterocycles. The predicted octanol–water partition coefficient (Wildman–Crippen LogP) is 3.29. The second kappa shape index (κ2) is 8.39. The lowest BCUT2D eigenvalue weighted by molar-refractivity contribution is -0.121. The summed E-state index contributed by atoms with van der Waals surface area (Å²) in [6.45, 7) is 1.90. The Morgan fingerprint density at radius 1 is 0.864 bits per heavy atom. The number of amides is 2. The van der Waals surface area contributed by atoms with Crippen molar-refractivity contribution >= 4 is 12.0 Å².